The molecule has 4 N–H and O–H groups in total. The monoisotopic (exact) mass is 483 g/mol. The number of aliphatic hydroxyl groups is 1. The van der Waals surface area contributed by atoms with Gasteiger partial charge in [0.2, 0.25) is 0 Å². The molecule has 0 aliphatic carbocycles. The molecule has 2 aromatic carbocycles. The van der Waals surface area contributed by atoms with Gasteiger partial charge in [-0.05, 0) is 61.7 Å². The third-order valence-corrected chi connectivity index (χ3v) is 4.78. The number of hydroxylamine groups is 1. The van der Waals surface area contributed by atoms with Crippen molar-refractivity contribution < 1.29 is 34.1 Å². The van der Waals surface area contributed by atoms with E-state index in [0.717, 1.165) is 0 Å². The summed E-state index contributed by atoms with van der Waals surface area (Å²) in [6.45, 7) is 2.22. The number of nitrogens with zero attached hydrogens (tertiary/aromatic N) is 1. The molecule has 0 saturated carbocycles. The van der Waals surface area contributed by atoms with Gasteiger partial charge in [0.1, 0.15) is 12.4 Å². The topological polar surface area (TPSA) is 150 Å². The van der Waals surface area contributed by atoms with Crippen molar-refractivity contribution in [2.45, 2.75) is 32.0 Å². The van der Waals surface area contributed by atoms with Crippen LogP contribution in [0.3, 0.4) is 0 Å². The average molecular weight is 484 g/mol. The van der Waals surface area contributed by atoms with Crippen LogP contribution in [-0.2, 0) is 14.3 Å². The molecule has 0 aliphatic heterocycles. The van der Waals surface area contributed by atoms with E-state index in [2.05, 4.69) is 5.32 Å². The smallest absolute Gasteiger partial charge is 0.412 e. The summed E-state index contributed by atoms with van der Waals surface area (Å²) >= 11 is 0. The Kier molecular flexibility index (Phi) is 11.8. The van der Waals surface area contributed by atoms with Crippen molar-refractivity contribution in [3.8, 4) is 11.8 Å². The lowest BCUT2D eigenvalue weighted by molar-refractivity contribution is -0.124. The van der Waals surface area contributed by atoms with Gasteiger partial charge in [0.25, 0.3) is 5.91 Å². The average Bonchev–Trinajstić information content (AvgIpc) is 2.88. The van der Waals surface area contributed by atoms with Crippen molar-refractivity contribution in [1.29, 1.82) is 5.26 Å². The van der Waals surface area contributed by atoms with Crippen LogP contribution in [0.4, 0.5) is 10.5 Å². The van der Waals surface area contributed by atoms with Gasteiger partial charge in [0, 0.05) is 18.4 Å². The first-order valence-electron chi connectivity index (χ1n) is 11.0. The summed E-state index contributed by atoms with van der Waals surface area (Å²) in [5.74, 6) is -0.0967. The number of aliphatic hydroxyl groups excluding tert-OH is 1. The fraction of sp³-hybridized carbons (Fsp3) is 0.320. The molecule has 0 aromatic heterocycles. The number of rotatable bonds is 13. The third-order valence-electron chi connectivity index (χ3n) is 4.78. The molecule has 0 saturated heterocycles. The Morgan fingerprint density at radius 3 is 2.46 bits per heavy atom. The lowest BCUT2D eigenvalue weighted by Crippen LogP contribution is -2.29. The number of carbonyl (C=O) groups excluding carboxylic acids is 2. The number of carbonyl (C=O) groups is 2. The first-order chi connectivity index (χ1) is 17.0. The van der Waals surface area contributed by atoms with E-state index in [4.69, 9.17) is 29.8 Å². The normalized spacial score (nSPS) is 12.4. The molecule has 186 valence electrons. The van der Waals surface area contributed by atoms with Crippen LogP contribution in [0.1, 0.15) is 37.0 Å². The Morgan fingerprint density at radius 1 is 1.14 bits per heavy atom. The molecule has 2 rings (SSSR count). The molecule has 35 heavy (non-hydrogen) atoms. The van der Waals surface area contributed by atoms with E-state index in [-0.39, 0.29) is 13.2 Å². The molecular weight excluding hydrogens is 454 g/mol. The predicted molar refractivity (Wildman–Crippen MR) is 127 cm³/mol. The highest BCUT2D eigenvalue weighted by Crippen LogP contribution is 2.29. The lowest BCUT2D eigenvalue weighted by Gasteiger charge is -2.27. The standard InChI is InChI=1S/C25H29N3O7/c1-2-33-22(5-3-4-6-23(30)28-32)24(19-9-13-21(14-10-19)34-16-15-29)35-25(31)27-20-11-7-18(17-26)8-12-20/h4,6-14,22,24,29,32H,2-3,5,15-16H2,1H3,(H,27,31)(H,28,30)/b6-4+/t22-,24-/m0/s1. The zero-order valence-electron chi connectivity index (χ0n) is 19.3. The van der Waals surface area contributed by atoms with Gasteiger partial charge in [0.05, 0.1) is 24.3 Å². The molecule has 10 nitrogen and oxygen atoms in total. The third kappa shape index (κ3) is 9.46. The van der Waals surface area contributed by atoms with Crippen LogP contribution in [0.5, 0.6) is 5.75 Å². The van der Waals surface area contributed by atoms with Crippen LogP contribution in [0, 0.1) is 11.3 Å². The summed E-state index contributed by atoms with van der Waals surface area (Å²) in [4.78, 5) is 23.9. The highest BCUT2D eigenvalue weighted by Gasteiger charge is 2.27. The molecule has 0 spiro atoms. The Labute approximate surface area is 203 Å². The Bertz CT molecular complexity index is 1000. The van der Waals surface area contributed by atoms with Crippen molar-refractivity contribution in [2.24, 2.45) is 0 Å². The molecule has 0 fully saturated rings. The van der Waals surface area contributed by atoms with E-state index in [0.29, 0.717) is 42.0 Å². The quantitative estimate of drug-likeness (QED) is 0.192. The SMILES string of the molecule is CCO[C@@H](CC/C=C/C(=O)NO)[C@@H](OC(=O)Nc1ccc(C#N)cc1)c1ccc(OCCO)cc1. The Balaban J connectivity index is 2.21. The molecule has 2 aromatic rings. The van der Waals surface area contributed by atoms with Crippen LogP contribution in [0.2, 0.25) is 0 Å². The van der Waals surface area contributed by atoms with Crippen molar-refractivity contribution in [1.82, 2.24) is 5.48 Å². The summed E-state index contributed by atoms with van der Waals surface area (Å²) in [6, 6.07) is 15.3. The maximum Gasteiger partial charge on any atom is 0.412 e. The minimum Gasteiger partial charge on any atom is -0.491 e. The number of ether oxygens (including phenoxy) is 3. The number of nitrogens with one attached hydrogen (secondary N) is 2. The first-order valence-corrected chi connectivity index (χ1v) is 11.0. The van der Waals surface area contributed by atoms with E-state index < -0.39 is 24.2 Å². The van der Waals surface area contributed by atoms with Gasteiger partial charge in [-0.2, -0.15) is 5.26 Å². The van der Waals surface area contributed by atoms with Gasteiger partial charge >= 0.3 is 6.09 Å². The number of nitriles is 1. The van der Waals surface area contributed by atoms with Crippen LogP contribution in [0.25, 0.3) is 0 Å². The van der Waals surface area contributed by atoms with E-state index in [9.17, 15) is 9.59 Å². The fourth-order valence-corrected chi connectivity index (χ4v) is 3.19. The number of allylic oxidation sites excluding steroid dienone is 1. The minimum absolute atomic E-state index is 0.114. The second-order valence-electron chi connectivity index (χ2n) is 7.23. The maximum absolute atomic E-state index is 12.7. The number of hydrogen-bond acceptors (Lipinski definition) is 8. The van der Waals surface area contributed by atoms with Gasteiger partial charge < -0.3 is 19.3 Å². The van der Waals surface area contributed by atoms with Crippen molar-refractivity contribution >= 4 is 17.7 Å². The van der Waals surface area contributed by atoms with Crippen molar-refractivity contribution in [2.75, 3.05) is 25.1 Å². The molecule has 2 atom stereocenters. The predicted octanol–water partition coefficient (Wildman–Crippen LogP) is 3.47. The highest BCUT2D eigenvalue weighted by molar-refractivity contribution is 5.86. The van der Waals surface area contributed by atoms with E-state index in [1.165, 1.54) is 11.6 Å². The van der Waals surface area contributed by atoms with Gasteiger partial charge in [-0.25, -0.2) is 10.3 Å². The summed E-state index contributed by atoms with van der Waals surface area (Å²) in [7, 11) is 0. The van der Waals surface area contributed by atoms with Crippen LogP contribution < -0.4 is 15.5 Å². The van der Waals surface area contributed by atoms with Gasteiger partial charge in [0.15, 0.2) is 6.10 Å². The molecule has 10 heteroatoms. The van der Waals surface area contributed by atoms with Gasteiger partial charge in [-0.15, -0.1) is 0 Å². The van der Waals surface area contributed by atoms with E-state index in [1.54, 1.807) is 54.6 Å². The number of amides is 2. The van der Waals surface area contributed by atoms with E-state index >= 15 is 0 Å². The molecule has 0 heterocycles. The van der Waals surface area contributed by atoms with Crippen molar-refractivity contribution in [3.63, 3.8) is 0 Å². The van der Waals surface area contributed by atoms with E-state index in [1.807, 2.05) is 13.0 Å². The zero-order chi connectivity index (χ0) is 25.5. The molecule has 2 amide bonds. The first kappa shape index (κ1) is 27.3. The molecule has 0 radical (unpaired) electrons. The van der Waals surface area contributed by atoms with Crippen LogP contribution in [0.15, 0.2) is 60.7 Å². The second-order valence-corrected chi connectivity index (χ2v) is 7.23. The summed E-state index contributed by atoms with van der Waals surface area (Å²) in [5.41, 5.74) is 3.11. The number of hydrogen-bond donors (Lipinski definition) is 4. The molecule has 0 bridgehead atoms. The highest BCUT2D eigenvalue weighted by atomic mass is 16.6. The molecular formula is C25H29N3O7. The largest absolute Gasteiger partial charge is 0.491 e. The van der Waals surface area contributed by atoms with Crippen molar-refractivity contribution in [3.05, 3.63) is 71.8 Å². The summed E-state index contributed by atoms with van der Waals surface area (Å²) < 4.78 is 17.0. The summed E-state index contributed by atoms with van der Waals surface area (Å²) in [5, 5.41) is 29.1. The number of anilines is 1. The second kappa shape index (κ2) is 15.1. The zero-order valence-corrected chi connectivity index (χ0v) is 19.3. The van der Waals surface area contributed by atoms with Crippen LogP contribution >= 0.6 is 0 Å². The van der Waals surface area contributed by atoms with Gasteiger partial charge in [-0.1, -0.05) is 18.2 Å². The van der Waals surface area contributed by atoms with Gasteiger partial charge in [-0.3, -0.25) is 15.3 Å². The minimum atomic E-state index is -0.791. The number of benzene rings is 2. The fourth-order valence-electron chi connectivity index (χ4n) is 3.19. The Morgan fingerprint density at radius 2 is 1.86 bits per heavy atom. The van der Waals surface area contributed by atoms with Crippen LogP contribution in [-0.4, -0.2) is 48.2 Å². The molecule has 0 unspecified atom stereocenters. The Hall–Kier alpha value is -3.91. The molecule has 0 aliphatic rings. The summed E-state index contributed by atoms with van der Waals surface area (Å²) in [6.07, 6.45) is 1.58. The lowest BCUT2D eigenvalue weighted by atomic mass is 10.00. The maximum atomic E-state index is 12.7.